The molecule has 1 aliphatic rings. The van der Waals surface area contributed by atoms with Gasteiger partial charge in [-0.1, -0.05) is 42.6 Å². The largest absolute Gasteiger partial charge is 0.383 e. The molecule has 0 saturated heterocycles. The standard InChI is InChI=1S/C20H26ClN3O3S/c1-13(18(25)22-10-11-27-2)28-20-23-17-12-14(21)8-9-16(17)19(26)24(20)15-6-4-3-5-7-15/h8-9,12-13,15H,3-7,10-11H2,1-2H3,(H,22,25)/t13-/m1/s1. The van der Waals surface area contributed by atoms with Gasteiger partial charge < -0.3 is 10.1 Å². The highest BCUT2D eigenvalue weighted by atomic mass is 35.5. The second kappa shape index (κ2) is 9.76. The smallest absolute Gasteiger partial charge is 0.262 e. The molecule has 1 amide bonds. The lowest BCUT2D eigenvalue weighted by molar-refractivity contribution is -0.120. The first-order chi connectivity index (χ1) is 13.5. The van der Waals surface area contributed by atoms with Gasteiger partial charge in [0.05, 0.1) is 22.8 Å². The van der Waals surface area contributed by atoms with Crippen LogP contribution in [-0.4, -0.2) is 41.0 Å². The summed E-state index contributed by atoms with van der Waals surface area (Å²) < 4.78 is 6.78. The fourth-order valence-electron chi connectivity index (χ4n) is 3.53. The van der Waals surface area contributed by atoms with Crippen LogP contribution in [0.15, 0.2) is 28.2 Å². The van der Waals surface area contributed by atoms with Crippen molar-refractivity contribution in [3.63, 3.8) is 0 Å². The lowest BCUT2D eigenvalue weighted by Crippen LogP contribution is -2.34. The van der Waals surface area contributed by atoms with Crippen LogP contribution < -0.4 is 10.9 Å². The summed E-state index contributed by atoms with van der Waals surface area (Å²) in [6.07, 6.45) is 5.33. The maximum Gasteiger partial charge on any atom is 0.262 e. The molecule has 1 atom stereocenters. The number of hydrogen-bond acceptors (Lipinski definition) is 5. The second-order valence-corrected chi connectivity index (χ2v) is 8.81. The molecule has 1 aromatic carbocycles. The Labute approximate surface area is 174 Å². The second-order valence-electron chi connectivity index (χ2n) is 7.07. The molecule has 1 fully saturated rings. The highest BCUT2D eigenvalue weighted by molar-refractivity contribution is 8.00. The zero-order valence-corrected chi connectivity index (χ0v) is 17.8. The predicted octanol–water partition coefficient (Wildman–Crippen LogP) is 3.80. The number of carbonyl (C=O) groups excluding carboxylic acids is 1. The van der Waals surface area contributed by atoms with E-state index in [9.17, 15) is 9.59 Å². The number of fused-ring (bicyclic) bond motifs is 1. The number of thioether (sulfide) groups is 1. The number of nitrogens with zero attached hydrogens (tertiary/aromatic N) is 2. The van der Waals surface area contributed by atoms with Gasteiger partial charge in [-0.25, -0.2) is 4.98 Å². The molecule has 0 bridgehead atoms. The van der Waals surface area contributed by atoms with Crippen molar-refractivity contribution in [1.82, 2.24) is 14.9 Å². The number of hydrogen-bond donors (Lipinski definition) is 1. The van der Waals surface area contributed by atoms with Crippen LogP contribution in [0.25, 0.3) is 10.9 Å². The van der Waals surface area contributed by atoms with Gasteiger partial charge >= 0.3 is 0 Å². The number of benzene rings is 1. The molecule has 0 spiro atoms. The Morgan fingerprint density at radius 3 is 2.86 bits per heavy atom. The van der Waals surface area contributed by atoms with Crippen molar-refractivity contribution in [2.45, 2.75) is 55.5 Å². The number of amides is 1. The number of methoxy groups -OCH3 is 1. The van der Waals surface area contributed by atoms with Crippen LogP contribution in [0.1, 0.15) is 45.1 Å². The Morgan fingerprint density at radius 2 is 2.14 bits per heavy atom. The zero-order chi connectivity index (χ0) is 20.1. The van der Waals surface area contributed by atoms with Crippen molar-refractivity contribution in [1.29, 1.82) is 0 Å². The molecule has 1 aliphatic carbocycles. The Bertz CT molecular complexity index is 896. The first-order valence-electron chi connectivity index (χ1n) is 9.66. The average Bonchev–Trinajstić information content (AvgIpc) is 2.68. The van der Waals surface area contributed by atoms with E-state index in [1.807, 2.05) is 6.92 Å². The third-order valence-corrected chi connectivity index (χ3v) is 6.33. The van der Waals surface area contributed by atoms with E-state index in [1.54, 1.807) is 29.9 Å². The molecule has 0 radical (unpaired) electrons. The van der Waals surface area contributed by atoms with Gasteiger partial charge in [0.25, 0.3) is 5.56 Å². The summed E-state index contributed by atoms with van der Waals surface area (Å²) in [7, 11) is 1.59. The minimum Gasteiger partial charge on any atom is -0.383 e. The number of ether oxygens (including phenoxy) is 1. The molecule has 1 saturated carbocycles. The highest BCUT2D eigenvalue weighted by Crippen LogP contribution is 2.32. The quantitative estimate of drug-likeness (QED) is 0.416. The fraction of sp³-hybridized carbons (Fsp3) is 0.550. The summed E-state index contributed by atoms with van der Waals surface area (Å²) in [6.45, 7) is 2.74. The summed E-state index contributed by atoms with van der Waals surface area (Å²) in [5.74, 6) is -0.0994. The van der Waals surface area contributed by atoms with E-state index in [2.05, 4.69) is 5.32 Å². The topological polar surface area (TPSA) is 73.2 Å². The molecule has 6 nitrogen and oxygen atoms in total. The van der Waals surface area contributed by atoms with E-state index in [0.29, 0.717) is 34.2 Å². The third-order valence-electron chi connectivity index (χ3n) is 5.03. The normalized spacial score (nSPS) is 16.2. The van der Waals surface area contributed by atoms with Gasteiger partial charge in [-0.05, 0) is 38.0 Å². The maximum absolute atomic E-state index is 13.3. The molecule has 28 heavy (non-hydrogen) atoms. The molecule has 1 aromatic heterocycles. The van der Waals surface area contributed by atoms with Crippen LogP contribution in [-0.2, 0) is 9.53 Å². The molecule has 2 aromatic rings. The van der Waals surface area contributed by atoms with Gasteiger partial charge in [0.1, 0.15) is 0 Å². The van der Waals surface area contributed by atoms with Crippen LogP contribution in [0.5, 0.6) is 0 Å². The Morgan fingerprint density at radius 1 is 1.39 bits per heavy atom. The van der Waals surface area contributed by atoms with E-state index in [1.165, 1.54) is 18.2 Å². The summed E-state index contributed by atoms with van der Waals surface area (Å²) >= 11 is 7.43. The molecule has 0 unspecified atom stereocenters. The first-order valence-corrected chi connectivity index (χ1v) is 10.9. The van der Waals surface area contributed by atoms with Crippen LogP contribution in [0.4, 0.5) is 0 Å². The summed E-state index contributed by atoms with van der Waals surface area (Å²) in [4.78, 5) is 30.4. The maximum atomic E-state index is 13.3. The van der Waals surface area contributed by atoms with Crippen molar-refractivity contribution in [3.8, 4) is 0 Å². The summed E-state index contributed by atoms with van der Waals surface area (Å²) in [5.41, 5.74) is 0.516. The Hall–Kier alpha value is -1.57. The molecular formula is C20H26ClN3O3S. The monoisotopic (exact) mass is 423 g/mol. The molecule has 3 rings (SSSR count). The van der Waals surface area contributed by atoms with Crippen molar-refractivity contribution >= 4 is 40.2 Å². The SMILES string of the molecule is COCCNC(=O)[C@@H](C)Sc1nc2cc(Cl)ccc2c(=O)n1C1CCCCC1. The van der Waals surface area contributed by atoms with Crippen molar-refractivity contribution in [3.05, 3.63) is 33.6 Å². The van der Waals surface area contributed by atoms with Gasteiger partial charge in [0, 0.05) is 24.7 Å². The number of halogens is 1. The number of carbonyl (C=O) groups is 1. The molecule has 152 valence electrons. The minimum atomic E-state index is -0.379. The zero-order valence-electron chi connectivity index (χ0n) is 16.2. The fourth-order valence-corrected chi connectivity index (χ4v) is 4.70. The van der Waals surface area contributed by atoms with Crippen LogP contribution in [0, 0.1) is 0 Å². The Kier molecular flexibility index (Phi) is 7.37. The van der Waals surface area contributed by atoms with Crippen LogP contribution >= 0.6 is 23.4 Å². The first kappa shape index (κ1) is 21.1. The van der Waals surface area contributed by atoms with Gasteiger partial charge in [-0.15, -0.1) is 0 Å². The highest BCUT2D eigenvalue weighted by Gasteiger charge is 2.24. The van der Waals surface area contributed by atoms with Crippen LogP contribution in [0.3, 0.4) is 0 Å². The van der Waals surface area contributed by atoms with Gasteiger partial charge in [0.2, 0.25) is 5.91 Å². The molecule has 8 heteroatoms. The van der Waals surface area contributed by atoms with E-state index >= 15 is 0 Å². The van der Waals surface area contributed by atoms with Gasteiger partial charge in [-0.3, -0.25) is 14.2 Å². The van der Waals surface area contributed by atoms with Gasteiger partial charge in [0.15, 0.2) is 5.16 Å². The molecule has 0 aliphatic heterocycles. The third kappa shape index (κ3) is 4.88. The molecule has 1 N–H and O–H groups in total. The molecule has 1 heterocycles. The van der Waals surface area contributed by atoms with E-state index < -0.39 is 0 Å². The van der Waals surface area contributed by atoms with E-state index in [4.69, 9.17) is 21.3 Å². The number of rotatable bonds is 7. The summed E-state index contributed by atoms with van der Waals surface area (Å²) in [6, 6.07) is 5.29. The Balaban J connectivity index is 1.96. The van der Waals surface area contributed by atoms with Crippen LogP contribution in [0.2, 0.25) is 5.02 Å². The predicted molar refractivity (Wildman–Crippen MR) is 113 cm³/mol. The summed E-state index contributed by atoms with van der Waals surface area (Å²) in [5, 5.41) is 4.15. The minimum absolute atomic E-state index is 0.0527. The van der Waals surface area contributed by atoms with Crippen molar-refractivity contribution in [2.24, 2.45) is 0 Å². The lowest BCUT2D eigenvalue weighted by atomic mass is 9.95. The molecular weight excluding hydrogens is 398 g/mol. The number of aromatic nitrogens is 2. The van der Waals surface area contributed by atoms with Crippen molar-refractivity contribution in [2.75, 3.05) is 20.3 Å². The lowest BCUT2D eigenvalue weighted by Gasteiger charge is -2.26. The van der Waals surface area contributed by atoms with Gasteiger partial charge in [-0.2, -0.15) is 0 Å². The van der Waals surface area contributed by atoms with E-state index in [0.717, 1.165) is 25.7 Å². The average molecular weight is 424 g/mol. The van der Waals surface area contributed by atoms with E-state index in [-0.39, 0.29) is 22.8 Å². The van der Waals surface area contributed by atoms with Crippen molar-refractivity contribution < 1.29 is 9.53 Å². The number of nitrogens with one attached hydrogen (secondary N) is 1.